The van der Waals surface area contributed by atoms with Crippen molar-refractivity contribution in [2.24, 2.45) is 17.6 Å². The van der Waals surface area contributed by atoms with Crippen molar-refractivity contribution in [2.45, 2.75) is 59.8 Å². The summed E-state index contributed by atoms with van der Waals surface area (Å²) in [6.07, 6.45) is 0.541. The van der Waals surface area contributed by atoms with Gasteiger partial charge in [0.1, 0.15) is 0 Å². The van der Waals surface area contributed by atoms with Crippen molar-refractivity contribution in [2.75, 3.05) is 0 Å². The lowest BCUT2D eigenvalue weighted by atomic mass is 9.79. The van der Waals surface area contributed by atoms with Gasteiger partial charge in [-0.2, -0.15) is 0 Å². The van der Waals surface area contributed by atoms with Gasteiger partial charge in [0.2, 0.25) is 0 Å². The molecule has 1 aromatic carbocycles. The largest absolute Gasteiger partial charge is 0.375 e. The van der Waals surface area contributed by atoms with Gasteiger partial charge in [-0.25, -0.2) is 0 Å². The molecule has 19 heavy (non-hydrogen) atoms. The number of nitrogens with two attached hydrogens (primary N) is 1. The second-order valence-electron chi connectivity index (χ2n) is 6.30. The fraction of sp³-hybridized carbons (Fsp3) is 0.647. The first-order valence-corrected chi connectivity index (χ1v) is 7.31. The predicted octanol–water partition coefficient (Wildman–Crippen LogP) is 3.67. The Bertz CT molecular complexity index is 469. The van der Waals surface area contributed by atoms with Crippen LogP contribution >= 0.6 is 0 Å². The monoisotopic (exact) mass is 261 g/mol. The molecular weight excluding hydrogens is 234 g/mol. The molecule has 0 saturated carbocycles. The fourth-order valence-electron chi connectivity index (χ4n) is 3.46. The zero-order valence-electron chi connectivity index (χ0n) is 13.0. The summed E-state index contributed by atoms with van der Waals surface area (Å²) in [6.45, 7) is 13.0. The average molecular weight is 261 g/mol. The van der Waals surface area contributed by atoms with E-state index >= 15 is 0 Å². The summed E-state index contributed by atoms with van der Waals surface area (Å²) in [4.78, 5) is 0. The summed E-state index contributed by atoms with van der Waals surface area (Å²) in [5.74, 6) is 0.904. The molecule has 0 aliphatic carbocycles. The summed E-state index contributed by atoms with van der Waals surface area (Å²) in [5, 5.41) is 0. The average Bonchev–Trinajstić information content (AvgIpc) is 2.57. The van der Waals surface area contributed by atoms with Crippen LogP contribution in [0.15, 0.2) is 12.1 Å². The molecule has 0 radical (unpaired) electrons. The van der Waals surface area contributed by atoms with Gasteiger partial charge < -0.3 is 10.5 Å². The van der Waals surface area contributed by atoms with Crippen molar-refractivity contribution in [1.82, 2.24) is 0 Å². The minimum absolute atomic E-state index is 0.0641. The van der Waals surface area contributed by atoms with E-state index in [1.807, 2.05) is 0 Å². The lowest BCUT2D eigenvalue weighted by Gasteiger charge is -2.28. The standard InChI is InChI=1S/C17H27NO/c1-9-7-11(3)15(8-10(9)2)17(18)16-12(4)13(5)19-14(16)6/h7-8,12-14,16-17H,18H2,1-6H3. The third kappa shape index (κ3) is 2.56. The first-order chi connectivity index (χ1) is 8.82. The lowest BCUT2D eigenvalue weighted by molar-refractivity contribution is 0.0489. The minimum atomic E-state index is 0.0641. The highest BCUT2D eigenvalue weighted by Gasteiger charge is 2.41. The second kappa shape index (κ2) is 5.26. The van der Waals surface area contributed by atoms with Crippen LogP contribution in [0, 0.1) is 32.6 Å². The Hall–Kier alpha value is -0.860. The molecular formula is C17H27NO. The molecule has 2 N–H and O–H groups in total. The van der Waals surface area contributed by atoms with Crippen LogP contribution in [-0.4, -0.2) is 12.2 Å². The molecule has 1 aliphatic rings. The van der Waals surface area contributed by atoms with Gasteiger partial charge in [0.15, 0.2) is 0 Å². The molecule has 5 atom stereocenters. The van der Waals surface area contributed by atoms with Crippen LogP contribution in [-0.2, 0) is 4.74 Å². The van der Waals surface area contributed by atoms with Crippen LogP contribution in [0.1, 0.15) is 49.1 Å². The van der Waals surface area contributed by atoms with Crippen LogP contribution in [0.3, 0.4) is 0 Å². The molecule has 0 aromatic heterocycles. The lowest BCUT2D eigenvalue weighted by Crippen LogP contribution is -2.31. The van der Waals surface area contributed by atoms with Gasteiger partial charge in [0.25, 0.3) is 0 Å². The van der Waals surface area contributed by atoms with Crippen molar-refractivity contribution in [3.8, 4) is 0 Å². The van der Waals surface area contributed by atoms with Crippen molar-refractivity contribution >= 4 is 0 Å². The Balaban J connectivity index is 2.34. The van der Waals surface area contributed by atoms with Crippen molar-refractivity contribution in [3.63, 3.8) is 0 Å². The van der Waals surface area contributed by atoms with E-state index < -0.39 is 0 Å². The number of hydrogen-bond donors (Lipinski definition) is 1. The molecule has 1 heterocycles. The molecule has 2 rings (SSSR count). The van der Waals surface area contributed by atoms with Gasteiger partial charge in [0.05, 0.1) is 12.2 Å². The normalized spacial score (nSPS) is 32.6. The number of aryl methyl sites for hydroxylation is 3. The SMILES string of the molecule is Cc1cc(C)c(C(N)C2C(C)OC(C)C2C)cc1C. The van der Waals surface area contributed by atoms with Crippen molar-refractivity contribution < 1.29 is 4.74 Å². The molecule has 0 bridgehead atoms. The van der Waals surface area contributed by atoms with Crippen molar-refractivity contribution in [3.05, 3.63) is 34.4 Å². The third-order valence-electron chi connectivity index (χ3n) is 4.98. The molecule has 0 amide bonds. The third-order valence-corrected chi connectivity index (χ3v) is 4.98. The Morgan fingerprint density at radius 2 is 1.53 bits per heavy atom. The van der Waals surface area contributed by atoms with Crippen LogP contribution < -0.4 is 5.73 Å². The Morgan fingerprint density at radius 1 is 0.947 bits per heavy atom. The van der Waals surface area contributed by atoms with E-state index in [9.17, 15) is 0 Å². The van der Waals surface area contributed by atoms with Gasteiger partial charge in [-0.05, 0) is 62.8 Å². The highest BCUT2D eigenvalue weighted by atomic mass is 16.5. The molecule has 1 fully saturated rings. The number of rotatable bonds is 2. The summed E-state index contributed by atoms with van der Waals surface area (Å²) in [5.41, 5.74) is 11.8. The van der Waals surface area contributed by atoms with Crippen LogP contribution in [0.4, 0.5) is 0 Å². The van der Waals surface area contributed by atoms with Crippen molar-refractivity contribution in [1.29, 1.82) is 0 Å². The van der Waals surface area contributed by atoms with Crippen LogP contribution in [0.5, 0.6) is 0 Å². The highest BCUT2D eigenvalue weighted by molar-refractivity contribution is 5.38. The van der Waals surface area contributed by atoms with Crippen LogP contribution in [0.25, 0.3) is 0 Å². The molecule has 1 aliphatic heterocycles. The maximum absolute atomic E-state index is 6.58. The van der Waals surface area contributed by atoms with Gasteiger partial charge in [0, 0.05) is 12.0 Å². The number of hydrogen-bond acceptors (Lipinski definition) is 2. The maximum Gasteiger partial charge on any atom is 0.0600 e. The van der Waals surface area contributed by atoms with E-state index in [0.29, 0.717) is 17.9 Å². The predicted molar refractivity (Wildman–Crippen MR) is 80.2 cm³/mol. The molecule has 0 spiro atoms. The number of ether oxygens (including phenoxy) is 1. The van der Waals surface area contributed by atoms with Gasteiger partial charge in [-0.3, -0.25) is 0 Å². The van der Waals surface area contributed by atoms with E-state index in [-0.39, 0.29) is 12.1 Å². The van der Waals surface area contributed by atoms with Gasteiger partial charge in [-0.15, -0.1) is 0 Å². The molecule has 1 saturated heterocycles. The number of benzene rings is 1. The minimum Gasteiger partial charge on any atom is -0.375 e. The van der Waals surface area contributed by atoms with Gasteiger partial charge >= 0.3 is 0 Å². The van der Waals surface area contributed by atoms with E-state index in [4.69, 9.17) is 10.5 Å². The molecule has 2 heteroatoms. The summed E-state index contributed by atoms with van der Waals surface area (Å²) in [6, 6.07) is 4.57. The van der Waals surface area contributed by atoms with Gasteiger partial charge in [-0.1, -0.05) is 19.1 Å². The maximum atomic E-state index is 6.58. The zero-order valence-corrected chi connectivity index (χ0v) is 13.0. The summed E-state index contributed by atoms with van der Waals surface area (Å²) >= 11 is 0. The first-order valence-electron chi connectivity index (χ1n) is 7.31. The van der Waals surface area contributed by atoms with E-state index in [1.165, 1.54) is 22.3 Å². The Kier molecular flexibility index (Phi) is 4.03. The Labute approximate surface area is 117 Å². The summed E-state index contributed by atoms with van der Waals surface area (Å²) < 4.78 is 5.94. The smallest absolute Gasteiger partial charge is 0.0600 e. The summed E-state index contributed by atoms with van der Waals surface area (Å²) in [7, 11) is 0. The van der Waals surface area contributed by atoms with Crippen LogP contribution in [0.2, 0.25) is 0 Å². The highest BCUT2D eigenvalue weighted by Crippen LogP contribution is 2.40. The van der Waals surface area contributed by atoms with E-state index in [2.05, 4.69) is 53.7 Å². The second-order valence-corrected chi connectivity index (χ2v) is 6.30. The van der Waals surface area contributed by atoms with E-state index in [1.54, 1.807) is 0 Å². The molecule has 106 valence electrons. The Morgan fingerprint density at radius 3 is 2.05 bits per heavy atom. The zero-order chi connectivity index (χ0) is 14.3. The first kappa shape index (κ1) is 14.5. The molecule has 5 unspecified atom stereocenters. The quantitative estimate of drug-likeness (QED) is 0.881. The molecule has 2 nitrogen and oxygen atoms in total. The van der Waals surface area contributed by atoms with E-state index in [0.717, 1.165) is 0 Å². The molecule has 1 aromatic rings. The topological polar surface area (TPSA) is 35.2 Å². The fourth-order valence-corrected chi connectivity index (χ4v) is 3.46.